The lowest BCUT2D eigenvalue weighted by molar-refractivity contribution is 0.313. The normalized spacial score (nSPS) is 15.9. The molecule has 2 aromatic carbocycles. The highest BCUT2D eigenvalue weighted by Crippen LogP contribution is 2.32. The zero-order valence-corrected chi connectivity index (χ0v) is 16.2. The Bertz CT molecular complexity index is 913. The minimum atomic E-state index is -3.86. The van der Waals surface area contributed by atoms with Crippen LogP contribution >= 0.6 is 11.6 Å². The van der Waals surface area contributed by atoms with Crippen molar-refractivity contribution in [3.8, 4) is 0 Å². The third kappa shape index (κ3) is 4.11. The van der Waals surface area contributed by atoms with Gasteiger partial charge >= 0.3 is 0 Å². The van der Waals surface area contributed by atoms with Crippen molar-refractivity contribution in [3.05, 3.63) is 52.8 Å². The number of halogens is 2. The molecule has 140 valence electrons. The number of nitrogens with one attached hydrogen (secondary N) is 1. The summed E-state index contributed by atoms with van der Waals surface area (Å²) in [5.74, 6) is -0.470. The first kappa shape index (κ1) is 18.9. The van der Waals surface area contributed by atoms with E-state index >= 15 is 0 Å². The van der Waals surface area contributed by atoms with E-state index in [0.717, 1.165) is 37.9 Å². The lowest BCUT2D eigenvalue weighted by atomic mass is 10.2. The van der Waals surface area contributed by atoms with Crippen molar-refractivity contribution in [3.63, 3.8) is 0 Å². The van der Waals surface area contributed by atoms with E-state index in [9.17, 15) is 12.8 Å². The molecule has 0 aromatic heterocycles. The molecule has 5 nitrogen and oxygen atoms in total. The number of hydrogen-bond donors (Lipinski definition) is 1. The predicted molar refractivity (Wildman–Crippen MR) is 103 cm³/mol. The summed E-state index contributed by atoms with van der Waals surface area (Å²) < 4.78 is 41.6. The molecule has 0 radical (unpaired) electrons. The molecule has 1 N–H and O–H groups in total. The summed E-state index contributed by atoms with van der Waals surface area (Å²) >= 11 is 6.09. The zero-order valence-electron chi connectivity index (χ0n) is 14.7. The van der Waals surface area contributed by atoms with E-state index < -0.39 is 15.8 Å². The quantitative estimate of drug-likeness (QED) is 0.859. The number of benzene rings is 2. The van der Waals surface area contributed by atoms with Crippen molar-refractivity contribution in [1.82, 2.24) is 4.90 Å². The van der Waals surface area contributed by atoms with Crippen LogP contribution in [0.1, 0.15) is 5.56 Å². The molecule has 0 atom stereocenters. The Labute approximate surface area is 158 Å². The summed E-state index contributed by atoms with van der Waals surface area (Å²) in [6.07, 6.45) is 0. The monoisotopic (exact) mass is 397 g/mol. The van der Waals surface area contributed by atoms with Crippen LogP contribution in [0.5, 0.6) is 0 Å². The SMILES string of the molecule is Cc1cc(F)ccc1S(=O)(=O)Nc1cc(Cl)ccc1N1CCN(C)CC1. The van der Waals surface area contributed by atoms with Gasteiger partial charge in [0.2, 0.25) is 0 Å². The highest BCUT2D eigenvalue weighted by Gasteiger charge is 2.22. The van der Waals surface area contributed by atoms with Gasteiger partial charge in [-0.05, 0) is 55.9 Å². The third-order valence-corrected chi connectivity index (χ3v) is 6.23. The minimum absolute atomic E-state index is 0.0446. The Morgan fingerprint density at radius 2 is 1.77 bits per heavy atom. The molecule has 1 fully saturated rings. The molecule has 8 heteroatoms. The van der Waals surface area contributed by atoms with Crippen molar-refractivity contribution in [2.45, 2.75) is 11.8 Å². The van der Waals surface area contributed by atoms with Crippen LogP contribution in [-0.2, 0) is 10.0 Å². The molecule has 0 saturated carbocycles. The van der Waals surface area contributed by atoms with E-state index in [0.29, 0.717) is 16.3 Å². The van der Waals surface area contributed by atoms with Crippen LogP contribution in [0.2, 0.25) is 5.02 Å². The van der Waals surface area contributed by atoms with Crippen LogP contribution in [0, 0.1) is 12.7 Å². The zero-order chi connectivity index (χ0) is 18.9. The number of nitrogens with zero attached hydrogens (tertiary/aromatic N) is 2. The lowest BCUT2D eigenvalue weighted by Gasteiger charge is -2.35. The summed E-state index contributed by atoms with van der Waals surface area (Å²) in [6, 6.07) is 8.78. The Morgan fingerprint density at radius 3 is 2.42 bits per heavy atom. The van der Waals surface area contributed by atoms with Gasteiger partial charge in [0.1, 0.15) is 5.82 Å². The second-order valence-corrected chi connectivity index (χ2v) is 8.55. The molecular formula is C18H21ClFN3O2S. The fourth-order valence-electron chi connectivity index (χ4n) is 3.03. The molecule has 0 unspecified atom stereocenters. The Morgan fingerprint density at radius 1 is 1.08 bits per heavy atom. The van der Waals surface area contributed by atoms with Crippen molar-refractivity contribution in [1.29, 1.82) is 0 Å². The number of likely N-dealkylation sites (N-methyl/N-ethyl adjacent to an activating group) is 1. The number of piperazine rings is 1. The molecular weight excluding hydrogens is 377 g/mol. The fraction of sp³-hybridized carbons (Fsp3) is 0.333. The number of aryl methyl sites for hydroxylation is 1. The topological polar surface area (TPSA) is 52.7 Å². The maximum Gasteiger partial charge on any atom is 0.262 e. The van der Waals surface area contributed by atoms with Gasteiger partial charge in [-0.3, -0.25) is 4.72 Å². The minimum Gasteiger partial charge on any atom is -0.367 e. The Hall–Kier alpha value is -1.83. The van der Waals surface area contributed by atoms with Gasteiger partial charge in [0.15, 0.2) is 0 Å². The van der Waals surface area contributed by atoms with Crippen molar-refractivity contribution < 1.29 is 12.8 Å². The van der Waals surface area contributed by atoms with E-state index in [1.165, 1.54) is 12.1 Å². The first-order valence-electron chi connectivity index (χ1n) is 8.28. The van der Waals surface area contributed by atoms with Gasteiger partial charge in [-0.15, -0.1) is 0 Å². The Balaban J connectivity index is 1.95. The number of hydrogen-bond acceptors (Lipinski definition) is 4. The third-order valence-electron chi connectivity index (χ3n) is 4.47. The van der Waals surface area contributed by atoms with E-state index in [1.807, 2.05) is 6.07 Å². The molecule has 1 aliphatic heterocycles. The van der Waals surface area contributed by atoms with Crippen molar-refractivity contribution in [2.75, 3.05) is 42.8 Å². The van der Waals surface area contributed by atoms with E-state index in [1.54, 1.807) is 19.1 Å². The summed E-state index contributed by atoms with van der Waals surface area (Å²) in [7, 11) is -1.81. The number of sulfonamides is 1. The van der Waals surface area contributed by atoms with Gasteiger partial charge in [-0.1, -0.05) is 11.6 Å². The molecule has 2 aromatic rings. The summed E-state index contributed by atoms with van der Waals surface area (Å²) in [5.41, 5.74) is 1.55. The summed E-state index contributed by atoms with van der Waals surface area (Å²) in [5, 5.41) is 0.441. The average Bonchev–Trinajstić information content (AvgIpc) is 2.55. The van der Waals surface area contributed by atoms with Crippen molar-refractivity contribution in [2.24, 2.45) is 0 Å². The maximum absolute atomic E-state index is 13.3. The molecule has 3 rings (SSSR count). The van der Waals surface area contributed by atoms with E-state index in [2.05, 4.69) is 21.6 Å². The van der Waals surface area contributed by atoms with Crippen LogP contribution in [0.4, 0.5) is 15.8 Å². The summed E-state index contributed by atoms with van der Waals surface area (Å²) in [4.78, 5) is 4.40. The molecule has 0 spiro atoms. The Kier molecular flexibility index (Phi) is 5.41. The highest BCUT2D eigenvalue weighted by molar-refractivity contribution is 7.92. The van der Waals surface area contributed by atoms with Gasteiger partial charge in [0.05, 0.1) is 16.3 Å². The lowest BCUT2D eigenvalue weighted by Crippen LogP contribution is -2.44. The average molecular weight is 398 g/mol. The largest absolute Gasteiger partial charge is 0.367 e. The number of rotatable bonds is 4. The molecule has 1 aliphatic rings. The van der Waals surface area contributed by atoms with E-state index in [-0.39, 0.29) is 4.90 Å². The first-order chi connectivity index (χ1) is 12.3. The molecule has 26 heavy (non-hydrogen) atoms. The molecule has 1 saturated heterocycles. The standard InChI is InChI=1S/C18H21ClFN3O2S/c1-13-11-15(20)4-6-18(13)26(24,25)21-16-12-14(19)3-5-17(16)23-9-7-22(2)8-10-23/h3-6,11-12,21H,7-10H2,1-2H3. The second-order valence-electron chi connectivity index (χ2n) is 6.47. The van der Waals surface area contributed by atoms with Gasteiger partial charge in [0.25, 0.3) is 10.0 Å². The summed E-state index contributed by atoms with van der Waals surface area (Å²) in [6.45, 7) is 4.94. The number of anilines is 2. The molecule has 0 bridgehead atoms. The van der Waals surface area contributed by atoms with Gasteiger partial charge in [-0.25, -0.2) is 12.8 Å². The van der Waals surface area contributed by atoms with Crippen LogP contribution in [-0.4, -0.2) is 46.5 Å². The maximum atomic E-state index is 13.3. The first-order valence-corrected chi connectivity index (χ1v) is 10.1. The van der Waals surface area contributed by atoms with Gasteiger partial charge < -0.3 is 9.80 Å². The van der Waals surface area contributed by atoms with Crippen LogP contribution in [0.3, 0.4) is 0 Å². The fourth-order valence-corrected chi connectivity index (χ4v) is 4.49. The van der Waals surface area contributed by atoms with Crippen LogP contribution in [0.15, 0.2) is 41.3 Å². The van der Waals surface area contributed by atoms with Crippen LogP contribution < -0.4 is 9.62 Å². The smallest absolute Gasteiger partial charge is 0.262 e. The molecule has 0 aliphatic carbocycles. The van der Waals surface area contributed by atoms with E-state index in [4.69, 9.17) is 11.6 Å². The second kappa shape index (κ2) is 7.42. The van der Waals surface area contributed by atoms with Crippen molar-refractivity contribution >= 4 is 33.0 Å². The molecule has 0 amide bonds. The van der Waals surface area contributed by atoms with Gasteiger partial charge in [0, 0.05) is 31.2 Å². The highest BCUT2D eigenvalue weighted by atomic mass is 35.5. The van der Waals surface area contributed by atoms with Crippen LogP contribution in [0.25, 0.3) is 0 Å². The van der Waals surface area contributed by atoms with Gasteiger partial charge in [-0.2, -0.15) is 0 Å². The predicted octanol–water partition coefficient (Wildman–Crippen LogP) is 3.34. The molecule has 1 heterocycles.